The predicted molar refractivity (Wildman–Crippen MR) is 174 cm³/mol. The number of nitrogens with one attached hydrogen (secondary N) is 1. The summed E-state index contributed by atoms with van der Waals surface area (Å²) in [6.07, 6.45) is 0. The van der Waals surface area contributed by atoms with Crippen LogP contribution in [0.25, 0.3) is 0 Å². The zero-order chi connectivity index (χ0) is 33.3. The molecule has 11 heteroatoms. The van der Waals surface area contributed by atoms with Crippen molar-refractivity contribution in [2.45, 2.75) is 0 Å². The van der Waals surface area contributed by atoms with E-state index in [9.17, 15) is 33.6 Å². The van der Waals surface area contributed by atoms with Crippen LogP contribution in [0.3, 0.4) is 0 Å². The van der Waals surface area contributed by atoms with E-state index in [-0.39, 0.29) is 28.1 Å². The average molecular weight is 633 g/mol. The molecule has 5 aromatic carbocycles. The average Bonchev–Trinajstić information content (AvgIpc) is 3.63. The first-order valence-electron chi connectivity index (χ1n) is 14.7. The van der Waals surface area contributed by atoms with Gasteiger partial charge in [-0.1, -0.05) is 24.3 Å². The molecule has 7 amide bonds. The Bertz CT molecular complexity index is 2240. The molecule has 0 bridgehead atoms. The fraction of sp³-hybridized carbons (Fsp3) is 0. The number of amides is 7. The normalized spacial score (nSPS) is 14.9. The Morgan fingerprint density at radius 3 is 1.12 bits per heavy atom. The molecule has 0 radical (unpaired) electrons. The summed E-state index contributed by atoms with van der Waals surface area (Å²) in [7, 11) is 0. The van der Waals surface area contributed by atoms with E-state index in [1.165, 1.54) is 42.5 Å². The first kappa shape index (κ1) is 28.5. The summed E-state index contributed by atoms with van der Waals surface area (Å²) in [6, 6.07) is 29.3. The molecule has 11 nitrogen and oxygen atoms in total. The number of rotatable bonds is 5. The van der Waals surface area contributed by atoms with Gasteiger partial charge in [0.15, 0.2) is 0 Å². The minimum Gasteiger partial charge on any atom is -0.322 e. The molecule has 0 aliphatic carbocycles. The van der Waals surface area contributed by atoms with E-state index >= 15 is 0 Å². The summed E-state index contributed by atoms with van der Waals surface area (Å²) in [5.41, 5.74) is 2.76. The molecule has 0 saturated carbocycles. The Balaban J connectivity index is 0.976. The van der Waals surface area contributed by atoms with Gasteiger partial charge in [0.2, 0.25) is 0 Å². The van der Waals surface area contributed by atoms with Crippen molar-refractivity contribution < 1.29 is 33.6 Å². The second kappa shape index (κ2) is 10.5. The Hall–Kier alpha value is -7.01. The van der Waals surface area contributed by atoms with Crippen molar-refractivity contribution in [1.29, 1.82) is 0 Å². The van der Waals surface area contributed by atoms with E-state index in [1.54, 1.807) is 72.8 Å². The molecule has 3 aliphatic heterocycles. The maximum atomic E-state index is 13.4. The number of nitrogens with zero attached hydrogens (tertiary/aromatic N) is 3. The van der Waals surface area contributed by atoms with Crippen LogP contribution in [0, 0.1) is 0 Å². The number of carbonyl (C=O) groups excluding carboxylic acids is 7. The lowest BCUT2D eigenvalue weighted by Gasteiger charge is -2.17. The number of hydrogen-bond acceptors (Lipinski definition) is 7. The van der Waals surface area contributed by atoms with Gasteiger partial charge in [-0.05, 0) is 91.0 Å². The van der Waals surface area contributed by atoms with Crippen molar-refractivity contribution in [2.75, 3.05) is 20.0 Å². The highest BCUT2D eigenvalue weighted by molar-refractivity contribution is 6.36. The number of anilines is 4. The van der Waals surface area contributed by atoms with E-state index < -0.39 is 41.4 Å². The van der Waals surface area contributed by atoms with Gasteiger partial charge in [-0.3, -0.25) is 33.6 Å². The number of imide groups is 3. The van der Waals surface area contributed by atoms with E-state index in [0.717, 1.165) is 14.7 Å². The molecule has 5 aromatic rings. The van der Waals surface area contributed by atoms with Crippen LogP contribution in [0.4, 0.5) is 22.7 Å². The lowest BCUT2D eigenvalue weighted by atomic mass is 10.1. The number of benzene rings is 5. The highest BCUT2D eigenvalue weighted by Crippen LogP contribution is 2.34. The fourth-order valence-electron chi connectivity index (χ4n) is 6.11. The van der Waals surface area contributed by atoms with Gasteiger partial charge in [-0.25, -0.2) is 14.7 Å². The van der Waals surface area contributed by atoms with Crippen molar-refractivity contribution >= 4 is 64.1 Å². The fourth-order valence-corrected chi connectivity index (χ4v) is 6.11. The smallest absolute Gasteiger partial charge is 0.266 e. The summed E-state index contributed by atoms with van der Waals surface area (Å²) in [5.74, 6) is -3.56. The Labute approximate surface area is 271 Å². The van der Waals surface area contributed by atoms with Crippen LogP contribution in [0.1, 0.15) is 72.5 Å². The number of carbonyl (C=O) groups is 7. The molecule has 48 heavy (non-hydrogen) atoms. The molecule has 1 N–H and O–H groups in total. The van der Waals surface area contributed by atoms with Gasteiger partial charge < -0.3 is 5.32 Å². The van der Waals surface area contributed by atoms with E-state index in [4.69, 9.17) is 0 Å². The van der Waals surface area contributed by atoms with Crippen LogP contribution in [-0.4, -0.2) is 41.4 Å². The van der Waals surface area contributed by atoms with Gasteiger partial charge in [0.1, 0.15) is 0 Å². The minimum absolute atomic E-state index is 0.0399. The third kappa shape index (κ3) is 4.18. The Morgan fingerprint density at radius 2 is 0.729 bits per heavy atom. The van der Waals surface area contributed by atoms with Crippen LogP contribution in [0.15, 0.2) is 115 Å². The van der Waals surface area contributed by atoms with Gasteiger partial charge in [0.25, 0.3) is 41.4 Å². The molecule has 3 aliphatic rings. The summed E-state index contributed by atoms with van der Waals surface area (Å²) >= 11 is 0. The van der Waals surface area contributed by atoms with Crippen LogP contribution in [-0.2, 0) is 0 Å². The van der Waals surface area contributed by atoms with E-state index in [1.807, 2.05) is 0 Å². The van der Waals surface area contributed by atoms with E-state index in [0.29, 0.717) is 33.6 Å². The molecule has 0 unspecified atom stereocenters. The van der Waals surface area contributed by atoms with E-state index in [2.05, 4.69) is 5.32 Å². The van der Waals surface area contributed by atoms with Crippen LogP contribution >= 0.6 is 0 Å². The maximum Gasteiger partial charge on any atom is 0.266 e. The van der Waals surface area contributed by atoms with Gasteiger partial charge in [-0.2, -0.15) is 0 Å². The largest absolute Gasteiger partial charge is 0.322 e. The molecular weight excluding hydrogens is 612 g/mol. The monoisotopic (exact) mass is 632 g/mol. The second-order valence-corrected chi connectivity index (χ2v) is 11.2. The first-order valence-corrected chi connectivity index (χ1v) is 14.7. The Kier molecular flexibility index (Phi) is 6.24. The van der Waals surface area contributed by atoms with Crippen molar-refractivity contribution in [2.24, 2.45) is 0 Å². The predicted octanol–water partition coefficient (Wildman–Crippen LogP) is 5.34. The standard InChI is InChI=1S/C37H20N4O7/c42-31(38-21-10-12-22(13-11-21)39-32(43)25-5-1-2-6-26(25)33(39)44)20-9-18-29-30(19-20)37(48)41(36(29)47)24-16-14-23(15-17-24)40-34(45)27-7-3-4-8-28(27)35(40)46/h1-19H,(H,38,42). The van der Waals surface area contributed by atoms with Crippen LogP contribution in [0.5, 0.6) is 0 Å². The third-order valence-corrected chi connectivity index (χ3v) is 8.49. The lowest BCUT2D eigenvalue weighted by Crippen LogP contribution is -2.30. The SMILES string of the molecule is O=C(Nc1ccc(N2C(=O)c3ccccc3C2=O)cc1)c1ccc2c(c1)C(=O)N(c1ccc(N3C(=O)c4ccccc4C3=O)cc1)C2=O. The van der Waals surface area contributed by atoms with Gasteiger partial charge in [0, 0.05) is 11.3 Å². The van der Waals surface area contributed by atoms with Crippen molar-refractivity contribution in [3.05, 3.63) is 154 Å². The highest BCUT2D eigenvalue weighted by atomic mass is 16.2. The molecule has 0 spiro atoms. The summed E-state index contributed by atoms with van der Waals surface area (Å²) in [5, 5.41) is 2.73. The van der Waals surface area contributed by atoms with Crippen LogP contribution in [0.2, 0.25) is 0 Å². The summed E-state index contributed by atoms with van der Waals surface area (Å²) in [6.45, 7) is 0. The summed E-state index contributed by atoms with van der Waals surface area (Å²) in [4.78, 5) is 94.2. The Morgan fingerprint density at radius 1 is 0.396 bits per heavy atom. The maximum absolute atomic E-state index is 13.4. The zero-order valence-corrected chi connectivity index (χ0v) is 24.7. The molecule has 3 heterocycles. The van der Waals surface area contributed by atoms with Crippen molar-refractivity contribution in [1.82, 2.24) is 0 Å². The van der Waals surface area contributed by atoms with Gasteiger partial charge in [0.05, 0.1) is 50.4 Å². The number of fused-ring (bicyclic) bond motifs is 3. The van der Waals surface area contributed by atoms with Crippen LogP contribution < -0.4 is 20.0 Å². The quantitative estimate of drug-likeness (QED) is 0.258. The van der Waals surface area contributed by atoms with Crippen molar-refractivity contribution in [3.63, 3.8) is 0 Å². The minimum atomic E-state index is -0.636. The lowest BCUT2D eigenvalue weighted by molar-refractivity contribution is 0.0909. The molecule has 8 rings (SSSR count). The van der Waals surface area contributed by atoms with Crippen molar-refractivity contribution in [3.8, 4) is 0 Å². The first-order chi connectivity index (χ1) is 23.2. The highest BCUT2D eigenvalue weighted by Gasteiger charge is 2.39. The topological polar surface area (TPSA) is 141 Å². The molecule has 0 atom stereocenters. The molecule has 230 valence electrons. The molecular formula is C37H20N4O7. The molecule has 0 saturated heterocycles. The van der Waals surface area contributed by atoms with Gasteiger partial charge in [-0.15, -0.1) is 0 Å². The zero-order valence-electron chi connectivity index (χ0n) is 24.7. The molecule has 0 fully saturated rings. The van der Waals surface area contributed by atoms with Gasteiger partial charge >= 0.3 is 0 Å². The third-order valence-electron chi connectivity index (χ3n) is 8.49. The number of hydrogen-bond donors (Lipinski definition) is 1. The summed E-state index contributed by atoms with van der Waals surface area (Å²) < 4.78 is 0. The molecule has 0 aromatic heterocycles. The second-order valence-electron chi connectivity index (χ2n) is 11.2.